The second kappa shape index (κ2) is 40.1. The van der Waals surface area contributed by atoms with Gasteiger partial charge in [0, 0.05) is 31.2 Å². The number of carbonyl (C=O) groups excluding carboxylic acids is 1. The van der Waals surface area contributed by atoms with Crippen molar-refractivity contribution < 1.29 is 74.6 Å². The minimum atomic E-state index is -1.42. The molecule has 0 aliphatic rings. The summed E-state index contributed by atoms with van der Waals surface area (Å²) in [6, 6.07) is -1.17. The first-order valence-corrected chi connectivity index (χ1v) is 13.3. The monoisotopic (exact) mass is 566 g/mol. The summed E-state index contributed by atoms with van der Waals surface area (Å²) in [5.74, 6) is -2.80. The van der Waals surface area contributed by atoms with Crippen LogP contribution in [0.15, 0.2) is 0 Å². The van der Waals surface area contributed by atoms with Crippen molar-refractivity contribution in [2.24, 2.45) is 11.5 Å². The van der Waals surface area contributed by atoms with E-state index in [0.717, 1.165) is 12.8 Å². The molecular formula is C24H51N2NaO9S. The molecule has 0 aliphatic heterocycles. The number of hydrogen-bond acceptors (Lipinski definition) is 10. The Balaban J connectivity index is -0.000000139. The van der Waals surface area contributed by atoms with Crippen LogP contribution in [0.3, 0.4) is 0 Å². The van der Waals surface area contributed by atoms with Gasteiger partial charge >= 0.3 is 41.5 Å². The van der Waals surface area contributed by atoms with Crippen molar-refractivity contribution in [1.29, 1.82) is 0 Å². The molecule has 0 aromatic rings. The SMILES string of the molecule is CCCCCCCCCCCCCC(=O)O.NCCO.N[C@@H](CCC(=O)O)C(=O)[O-].OCC(O)CS.[Na+]. The van der Waals surface area contributed by atoms with Gasteiger partial charge in [0.2, 0.25) is 0 Å². The van der Waals surface area contributed by atoms with E-state index in [1.807, 2.05) is 0 Å². The molecule has 9 N–H and O–H groups in total. The molecule has 13 heteroatoms. The van der Waals surface area contributed by atoms with Crippen LogP contribution in [0.1, 0.15) is 96.8 Å². The number of carbonyl (C=O) groups is 3. The molecule has 0 aromatic heterocycles. The first-order valence-electron chi connectivity index (χ1n) is 12.6. The number of thiol groups is 1. The maximum absolute atomic E-state index is 10.3. The number of aliphatic carboxylic acids is 3. The van der Waals surface area contributed by atoms with E-state index in [0.29, 0.717) is 18.7 Å². The Bertz CT molecular complexity index is 487. The Morgan fingerprint density at radius 3 is 1.46 bits per heavy atom. The molecule has 0 aliphatic carbocycles. The summed E-state index contributed by atoms with van der Waals surface area (Å²) in [6.45, 7) is 2.53. The molecule has 0 spiro atoms. The standard InChI is InChI=1S/C14H28O2.C5H9NO4.C3H8O2S.C2H7NO.Na/c1-2-3-4-5-6-7-8-9-10-11-12-13-14(15)16;6-3(5(9)10)1-2-4(7)8;4-1-3(5)2-6;3-1-2-4;/h2-13H2,1H3,(H,15,16);3H,1-2,6H2,(H,7,8)(H,9,10);3-6H,1-2H2;4H,1-3H2;/q;;;;+1/p-1/t;3-;;;/m.0.../s1. The molecule has 11 nitrogen and oxygen atoms in total. The van der Waals surface area contributed by atoms with Crippen molar-refractivity contribution >= 4 is 30.5 Å². The molecule has 0 saturated carbocycles. The molecule has 37 heavy (non-hydrogen) atoms. The number of nitrogens with two attached hydrogens (primary N) is 2. The molecule has 0 bridgehead atoms. The summed E-state index contributed by atoms with van der Waals surface area (Å²) in [7, 11) is 0. The molecule has 0 rings (SSSR count). The Labute approximate surface area is 250 Å². The smallest absolute Gasteiger partial charge is 0.548 e. The zero-order valence-electron chi connectivity index (χ0n) is 22.9. The van der Waals surface area contributed by atoms with Gasteiger partial charge in [0.05, 0.1) is 25.3 Å². The number of aliphatic hydroxyl groups is 3. The molecule has 0 aromatic carbocycles. The van der Waals surface area contributed by atoms with Crippen molar-refractivity contribution in [3.8, 4) is 0 Å². The van der Waals surface area contributed by atoms with Crippen LogP contribution < -0.4 is 46.1 Å². The second-order valence-corrected chi connectivity index (χ2v) is 8.43. The molecule has 1 unspecified atom stereocenters. The van der Waals surface area contributed by atoms with E-state index in [1.165, 1.54) is 57.8 Å². The van der Waals surface area contributed by atoms with Crippen LogP contribution in [0.25, 0.3) is 0 Å². The van der Waals surface area contributed by atoms with Gasteiger partial charge < -0.3 is 46.9 Å². The zero-order chi connectivity index (χ0) is 28.6. The Morgan fingerprint density at radius 1 is 0.838 bits per heavy atom. The van der Waals surface area contributed by atoms with Gasteiger partial charge in [-0.15, -0.1) is 0 Å². The second-order valence-electron chi connectivity index (χ2n) is 8.07. The number of rotatable bonds is 19. The molecule has 2 atom stereocenters. The first-order chi connectivity index (χ1) is 17.0. The minimum Gasteiger partial charge on any atom is -0.548 e. The zero-order valence-corrected chi connectivity index (χ0v) is 25.7. The van der Waals surface area contributed by atoms with E-state index >= 15 is 0 Å². The van der Waals surface area contributed by atoms with Crippen LogP contribution in [0, 0.1) is 0 Å². The van der Waals surface area contributed by atoms with Crippen molar-refractivity contribution in [3.05, 3.63) is 0 Å². The third-order valence-corrected chi connectivity index (χ3v) is 4.94. The van der Waals surface area contributed by atoms with Gasteiger partial charge in [-0.2, -0.15) is 12.6 Å². The topological polar surface area (TPSA) is 227 Å². The van der Waals surface area contributed by atoms with Gasteiger partial charge in [0.1, 0.15) is 0 Å². The molecule has 0 fully saturated rings. The predicted octanol–water partition coefficient (Wildman–Crippen LogP) is -2.09. The van der Waals surface area contributed by atoms with Gasteiger partial charge in [-0.3, -0.25) is 9.59 Å². The summed E-state index contributed by atoms with van der Waals surface area (Å²) in [5, 5.41) is 50.5. The van der Waals surface area contributed by atoms with Crippen molar-refractivity contribution in [3.63, 3.8) is 0 Å². The maximum Gasteiger partial charge on any atom is 1.00 e. The summed E-state index contributed by atoms with van der Waals surface area (Å²) in [4.78, 5) is 30.0. The maximum atomic E-state index is 10.3. The fourth-order valence-electron chi connectivity index (χ4n) is 2.40. The van der Waals surface area contributed by atoms with Crippen LogP contribution in [-0.4, -0.2) is 81.1 Å². The number of carboxylic acids is 3. The van der Waals surface area contributed by atoms with Crippen molar-refractivity contribution in [2.45, 2.75) is 109 Å². The number of aliphatic hydroxyl groups excluding tert-OH is 3. The Kier molecular flexibility index (Phi) is 50.3. The first kappa shape index (κ1) is 46.4. The average Bonchev–Trinajstić information content (AvgIpc) is 2.85. The molecular weight excluding hydrogens is 515 g/mol. The molecule has 0 heterocycles. The fraction of sp³-hybridized carbons (Fsp3) is 0.875. The van der Waals surface area contributed by atoms with Gasteiger partial charge in [-0.25, -0.2) is 0 Å². The Morgan fingerprint density at radius 2 is 1.22 bits per heavy atom. The van der Waals surface area contributed by atoms with Crippen LogP contribution in [0.4, 0.5) is 0 Å². The normalized spacial score (nSPS) is 11.1. The van der Waals surface area contributed by atoms with Gasteiger partial charge in [-0.1, -0.05) is 71.1 Å². The van der Waals surface area contributed by atoms with Crippen LogP contribution in [-0.2, 0) is 14.4 Å². The number of carboxylic acid groups (broad SMARTS) is 3. The third kappa shape index (κ3) is 56.8. The fourth-order valence-corrected chi connectivity index (χ4v) is 2.51. The summed E-state index contributed by atoms with van der Waals surface area (Å²) in [5.41, 5.74) is 9.72. The minimum absolute atomic E-state index is 0. The summed E-state index contributed by atoms with van der Waals surface area (Å²) < 4.78 is 0. The van der Waals surface area contributed by atoms with E-state index in [2.05, 4.69) is 19.6 Å². The van der Waals surface area contributed by atoms with Gasteiger partial charge in [0.15, 0.2) is 0 Å². The van der Waals surface area contributed by atoms with E-state index in [9.17, 15) is 19.5 Å². The van der Waals surface area contributed by atoms with E-state index in [-0.39, 0.29) is 55.6 Å². The van der Waals surface area contributed by atoms with E-state index in [1.54, 1.807) is 0 Å². The predicted molar refractivity (Wildman–Crippen MR) is 142 cm³/mol. The average molecular weight is 567 g/mol. The van der Waals surface area contributed by atoms with Gasteiger partial charge in [-0.05, 0) is 12.8 Å². The van der Waals surface area contributed by atoms with E-state index < -0.39 is 30.1 Å². The number of hydrogen-bond donors (Lipinski definition) is 8. The quantitative estimate of drug-likeness (QED) is 0.0480. The van der Waals surface area contributed by atoms with Crippen LogP contribution in [0.2, 0.25) is 0 Å². The molecule has 0 amide bonds. The van der Waals surface area contributed by atoms with Crippen LogP contribution >= 0.6 is 12.6 Å². The Hall–Kier alpha value is -0.440. The third-order valence-electron chi connectivity index (χ3n) is 4.52. The number of unbranched alkanes of at least 4 members (excludes halogenated alkanes) is 10. The summed E-state index contributed by atoms with van der Waals surface area (Å²) >= 11 is 3.69. The molecule has 0 saturated heterocycles. The largest absolute Gasteiger partial charge is 1.00 e. The summed E-state index contributed by atoms with van der Waals surface area (Å²) in [6.07, 6.45) is 13.4. The van der Waals surface area contributed by atoms with Crippen LogP contribution in [0.5, 0.6) is 0 Å². The molecule has 218 valence electrons. The van der Waals surface area contributed by atoms with E-state index in [4.69, 9.17) is 37.0 Å². The van der Waals surface area contributed by atoms with Crippen molar-refractivity contribution in [2.75, 3.05) is 25.5 Å². The van der Waals surface area contributed by atoms with Gasteiger partial charge in [0.25, 0.3) is 0 Å². The van der Waals surface area contributed by atoms with Crippen molar-refractivity contribution in [1.82, 2.24) is 0 Å². The molecule has 0 radical (unpaired) electrons.